The zero-order chi connectivity index (χ0) is 12.9. The highest BCUT2D eigenvalue weighted by Crippen LogP contribution is 2.57. The maximum Gasteiger partial charge on any atom is -0.0111 e. The number of fused-ring (bicyclic) bond motifs is 2. The van der Waals surface area contributed by atoms with Gasteiger partial charge in [0.1, 0.15) is 0 Å². The van der Waals surface area contributed by atoms with Crippen molar-refractivity contribution in [1.29, 1.82) is 0 Å². The Balaban J connectivity index is 1.95. The Labute approximate surface area is 113 Å². The van der Waals surface area contributed by atoms with Gasteiger partial charge in [-0.05, 0) is 48.3 Å². The van der Waals surface area contributed by atoms with E-state index in [1.165, 1.54) is 38.5 Å². The van der Waals surface area contributed by atoms with Gasteiger partial charge in [-0.1, -0.05) is 63.8 Å². The minimum Gasteiger partial charge on any atom is -0.0993 e. The molecule has 0 amide bonds. The van der Waals surface area contributed by atoms with E-state index >= 15 is 0 Å². The van der Waals surface area contributed by atoms with Crippen LogP contribution in [0.25, 0.3) is 0 Å². The van der Waals surface area contributed by atoms with E-state index in [2.05, 4.69) is 27.0 Å². The Bertz CT molecular complexity index is 332. The fourth-order valence-electron chi connectivity index (χ4n) is 5.41. The van der Waals surface area contributed by atoms with Gasteiger partial charge < -0.3 is 0 Å². The van der Waals surface area contributed by atoms with Gasteiger partial charge in [0.2, 0.25) is 0 Å². The molecule has 0 radical (unpaired) electrons. The molecule has 0 aromatic carbocycles. The molecule has 0 aromatic rings. The largest absolute Gasteiger partial charge is 0.0993 e. The van der Waals surface area contributed by atoms with Crippen molar-refractivity contribution in [2.24, 2.45) is 35.5 Å². The molecular formula is C18H28. The summed E-state index contributed by atoms with van der Waals surface area (Å²) < 4.78 is 0. The monoisotopic (exact) mass is 244 g/mol. The SMILES string of the molecule is C=C1C2CCCC(C)C2C(=C)C2C(C)CCCC12. The van der Waals surface area contributed by atoms with Crippen LogP contribution in [-0.2, 0) is 0 Å². The first-order valence-corrected chi connectivity index (χ1v) is 7.98. The lowest BCUT2D eigenvalue weighted by Gasteiger charge is -2.53. The van der Waals surface area contributed by atoms with Crippen LogP contribution in [0.1, 0.15) is 52.4 Å². The Morgan fingerprint density at radius 1 is 0.722 bits per heavy atom. The van der Waals surface area contributed by atoms with Gasteiger partial charge in [0.25, 0.3) is 0 Å². The summed E-state index contributed by atoms with van der Waals surface area (Å²) in [4.78, 5) is 0. The van der Waals surface area contributed by atoms with E-state index in [1.54, 1.807) is 11.1 Å². The van der Waals surface area contributed by atoms with Crippen LogP contribution >= 0.6 is 0 Å². The van der Waals surface area contributed by atoms with E-state index in [1.807, 2.05) is 0 Å². The molecule has 100 valence electrons. The standard InChI is InChI=1S/C18H28/c1-11-7-5-9-15-13(3)16-10-6-8-12(2)18(16)14(4)17(11)15/h11-12,15-18H,3-10H2,1-2H3. The van der Waals surface area contributed by atoms with Gasteiger partial charge >= 0.3 is 0 Å². The zero-order valence-corrected chi connectivity index (χ0v) is 12.1. The van der Waals surface area contributed by atoms with Gasteiger partial charge in [0.15, 0.2) is 0 Å². The molecule has 0 saturated heterocycles. The Morgan fingerprint density at radius 3 is 1.61 bits per heavy atom. The summed E-state index contributed by atoms with van der Waals surface area (Å²) in [6.07, 6.45) is 8.37. The number of rotatable bonds is 0. The number of allylic oxidation sites excluding steroid dienone is 2. The first kappa shape index (κ1) is 12.5. The lowest BCUT2D eigenvalue weighted by molar-refractivity contribution is 0.107. The topological polar surface area (TPSA) is 0 Å². The van der Waals surface area contributed by atoms with Crippen molar-refractivity contribution in [1.82, 2.24) is 0 Å². The molecule has 0 N–H and O–H groups in total. The lowest BCUT2D eigenvalue weighted by Crippen LogP contribution is -2.44. The fourth-order valence-corrected chi connectivity index (χ4v) is 5.41. The fraction of sp³-hybridized carbons (Fsp3) is 0.778. The maximum atomic E-state index is 4.58. The van der Waals surface area contributed by atoms with Gasteiger partial charge in [0.05, 0.1) is 0 Å². The average Bonchev–Trinajstić information content (AvgIpc) is 2.35. The van der Waals surface area contributed by atoms with Gasteiger partial charge in [0, 0.05) is 0 Å². The van der Waals surface area contributed by atoms with Gasteiger partial charge in [-0.3, -0.25) is 0 Å². The van der Waals surface area contributed by atoms with E-state index in [4.69, 9.17) is 0 Å². The minimum absolute atomic E-state index is 0.757. The number of hydrogen-bond donors (Lipinski definition) is 0. The summed E-state index contributed by atoms with van der Waals surface area (Å²) in [5, 5.41) is 0. The third-order valence-corrected chi connectivity index (χ3v) is 6.25. The van der Waals surface area contributed by atoms with Gasteiger partial charge in [-0.2, -0.15) is 0 Å². The predicted octanol–water partition coefficient (Wildman–Crippen LogP) is 5.22. The molecule has 0 bridgehead atoms. The molecule has 0 heterocycles. The Hall–Kier alpha value is -0.520. The second kappa shape index (κ2) is 4.54. The molecule has 6 atom stereocenters. The summed E-state index contributed by atoms with van der Waals surface area (Å²) in [6, 6.07) is 0. The van der Waals surface area contributed by atoms with Crippen molar-refractivity contribution in [3.63, 3.8) is 0 Å². The third kappa shape index (κ3) is 1.72. The molecule has 0 heteroatoms. The molecule has 3 aliphatic carbocycles. The van der Waals surface area contributed by atoms with Crippen molar-refractivity contribution < 1.29 is 0 Å². The Morgan fingerprint density at radius 2 is 1.17 bits per heavy atom. The first-order chi connectivity index (χ1) is 8.61. The molecule has 0 spiro atoms. The number of hydrogen-bond acceptors (Lipinski definition) is 0. The second-order valence-electron chi connectivity index (χ2n) is 7.23. The smallest absolute Gasteiger partial charge is 0.0111 e. The van der Waals surface area contributed by atoms with Crippen LogP contribution in [0.4, 0.5) is 0 Å². The van der Waals surface area contributed by atoms with Crippen LogP contribution in [0.15, 0.2) is 24.3 Å². The summed E-state index contributed by atoms with van der Waals surface area (Å²) >= 11 is 0. The van der Waals surface area contributed by atoms with Crippen molar-refractivity contribution in [2.75, 3.05) is 0 Å². The van der Waals surface area contributed by atoms with Crippen molar-refractivity contribution >= 4 is 0 Å². The van der Waals surface area contributed by atoms with Gasteiger partial charge in [-0.15, -0.1) is 0 Å². The molecule has 3 fully saturated rings. The molecule has 3 saturated carbocycles. The molecule has 0 nitrogen and oxygen atoms in total. The van der Waals surface area contributed by atoms with Crippen LogP contribution in [0.2, 0.25) is 0 Å². The van der Waals surface area contributed by atoms with E-state index in [9.17, 15) is 0 Å². The van der Waals surface area contributed by atoms with Crippen LogP contribution in [-0.4, -0.2) is 0 Å². The zero-order valence-electron chi connectivity index (χ0n) is 12.1. The second-order valence-corrected chi connectivity index (χ2v) is 7.23. The summed E-state index contributed by atoms with van der Waals surface area (Å²) in [7, 11) is 0. The van der Waals surface area contributed by atoms with Gasteiger partial charge in [-0.25, -0.2) is 0 Å². The van der Waals surface area contributed by atoms with Crippen LogP contribution in [0.5, 0.6) is 0 Å². The molecule has 0 aromatic heterocycles. The van der Waals surface area contributed by atoms with E-state index < -0.39 is 0 Å². The quantitative estimate of drug-likeness (QED) is 0.513. The average molecular weight is 244 g/mol. The summed E-state index contributed by atoms with van der Waals surface area (Å²) in [6.45, 7) is 14.0. The first-order valence-electron chi connectivity index (χ1n) is 7.98. The van der Waals surface area contributed by atoms with E-state index in [0.717, 1.165) is 35.5 Å². The van der Waals surface area contributed by atoms with Crippen molar-refractivity contribution in [3.05, 3.63) is 24.3 Å². The Kier molecular flexibility index (Phi) is 3.16. The van der Waals surface area contributed by atoms with Crippen LogP contribution < -0.4 is 0 Å². The molecule has 0 aliphatic heterocycles. The highest BCUT2D eigenvalue weighted by molar-refractivity contribution is 5.28. The lowest BCUT2D eigenvalue weighted by atomic mass is 9.52. The van der Waals surface area contributed by atoms with Crippen molar-refractivity contribution in [2.45, 2.75) is 52.4 Å². The predicted molar refractivity (Wildman–Crippen MR) is 78.3 cm³/mol. The molecule has 3 rings (SSSR count). The minimum atomic E-state index is 0.757. The highest BCUT2D eigenvalue weighted by atomic mass is 14.5. The molecule has 6 unspecified atom stereocenters. The summed E-state index contributed by atoms with van der Waals surface area (Å²) in [5.41, 5.74) is 3.22. The van der Waals surface area contributed by atoms with Crippen LogP contribution in [0.3, 0.4) is 0 Å². The molecular weight excluding hydrogens is 216 g/mol. The van der Waals surface area contributed by atoms with E-state index in [-0.39, 0.29) is 0 Å². The maximum absolute atomic E-state index is 4.58. The third-order valence-electron chi connectivity index (χ3n) is 6.25. The normalized spacial score (nSPS) is 48.6. The molecule has 3 aliphatic rings. The van der Waals surface area contributed by atoms with Crippen molar-refractivity contribution in [3.8, 4) is 0 Å². The molecule has 18 heavy (non-hydrogen) atoms. The van der Waals surface area contributed by atoms with Crippen LogP contribution in [0, 0.1) is 35.5 Å². The van der Waals surface area contributed by atoms with E-state index in [0.29, 0.717) is 0 Å². The highest BCUT2D eigenvalue weighted by Gasteiger charge is 2.47. The summed E-state index contributed by atoms with van der Waals surface area (Å²) in [5.74, 6) is 4.73.